The van der Waals surface area contributed by atoms with Crippen LogP contribution in [0.25, 0.3) is 0 Å². The first-order chi connectivity index (χ1) is 37.0. The molecule has 6 heteroatoms. The van der Waals surface area contributed by atoms with Gasteiger partial charge in [0.15, 0.2) is 6.10 Å². The summed E-state index contributed by atoms with van der Waals surface area (Å²) in [6.45, 7) is 6.57. The predicted octanol–water partition coefficient (Wildman–Crippen LogP) is 21.9. The molecule has 0 fully saturated rings. The third-order valence-corrected chi connectivity index (χ3v) is 13.9. The van der Waals surface area contributed by atoms with E-state index < -0.39 is 6.10 Å². The molecule has 0 aromatic heterocycles. The van der Waals surface area contributed by atoms with Gasteiger partial charge in [-0.2, -0.15) is 0 Å². The van der Waals surface area contributed by atoms with Gasteiger partial charge in [-0.3, -0.25) is 14.4 Å². The summed E-state index contributed by atoms with van der Waals surface area (Å²) in [4.78, 5) is 38.3. The molecule has 0 radical (unpaired) electrons. The van der Waals surface area contributed by atoms with Crippen molar-refractivity contribution in [1.29, 1.82) is 0 Å². The molecule has 0 bridgehead atoms. The fraction of sp³-hybridized carbons (Fsp3) is 0.754. The van der Waals surface area contributed by atoms with Crippen LogP contribution in [0.15, 0.2) is 85.1 Å². The molecule has 0 spiro atoms. The number of ether oxygens (including phenoxy) is 3. The van der Waals surface area contributed by atoms with Gasteiger partial charge in [0.1, 0.15) is 13.2 Å². The van der Waals surface area contributed by atoms with Crippen molar-refractivity contribution < 1.29 is 28.6 Å². The second-order valence-electron chi connectivity index (χ2n) is 21.3. The Kier molecular flexibility index (Phi) is 60.3. The minimum atomic E-state index is -0.817. The number of carbonyl (C=O) groups is 3. The van der Waals surface area contributed by atoms with Gasteiger partial charge in [0.05, 0.1) is 0 Å². The lowest BCUT2D eigenvalue weighted by molar-refractivity contribution is -0.167. The second-order valence-corrected chi connectivity index (χ2v) is 21.3. The molecule has 0 aromatic rings. The summed E-state index contributed by atoms with van der Waals surface area (Å²) in [5, 5.41) is 0. The summed E-state index contributed by atoms with van der Waals surface area (Å²) in [6.07, 6.45) is 83.1. The largest absolute Gasteiger partial charge is 0.462 e. The van der Waals surface area contributed by atoms with Crippen molar-refractivity contribution in [2.75, 3.05) is 13.2 Å². The molecule has 0 unspecified atom stereocenters. The first kappa shape index (κ1) is 71.6. The van der Waals surface area contributed by atoms with Crippen molar-refractivity contribution in [2.24, 2.45) is 0 Å². The number of esters is 3. The van der Waals surface area contributed by atoms with Gasteiger partial charge in [0.25, 0.3) is 0 Å². The van der Waals surface area contributed by atoms with Crippen LogP contribution in [0.1, 0.15) is 316 Å². The zero-order valence-electron chi connectivity index (χ0n) is 49.6. The lowest BCUT2D eigenvalue weighted by atomic mass is 10.0. The number of allylic oxidation sites excluding steroid dienone is 14. The van der Waals surface area contributed by atoms with Crippen molar-refractivity contribution in [3.8, 4) is 0 Å². The van der Waals surface area contributed by atoms with Gasteiger partial charge < -0.3 is 14.2 Å². The van der Waals surface area contributed by atoms with Gasteiger partial charge in [-0.05, 0) is 96.3 Å². The molecule has 0 heterocycles. The Hall–Kier alpha value is -3.41. The zero-order chi connectivity index (χ0) is 54.3. The normalized spacial score (nSPS) is 12.6. The highest BCUT2D eigenvalue weighted by molar-refractivity contribution is 5.71. The average Bonchev–Trinajstić information content (AvgIpc) is 3.41. The van der Waals surface area contributed by atoms with Crippen molar-refractivity contribution >= 4 is 17.9 Å². The van der Waals surface area contributed by atoms with Crippen LogP contribution in [0.3, 0.4) is 0 Å². The molecule has 432 valence electrons. The van der Waals surface area contributed by atoms with Gasteiger partial charge in [0, 0.05) is 19.3 Å². The van der Waals surface area contributed by atoms with E-state index in [1.807, 2.05) is 0 Å². The van der Waals surface area contributed by atoms with E-state index in [1.54, 1.807) is 0 Å². The topological polar surface area (TPSA) is 78.9 Å². The van der Waals surface area contributed by atoms with E-state index in [9.17, 15) is 14.4 Å². The van der Waals surface area contributed by atoms with Gasteiger partial charge in [-0.15, -0.1) is 0 Å². The van der Waals surface area contributed by atoms with Crippen molar-refractivity contribution in [3.63, 3.8) is 0 Å². The summed E-state index contributed by atoms with van der Waals surface area (Å²) >= 11 is 0. The Morgan fingerprint density at radius 2 is 0.493 bits per heavy atom. The van der Waals surface area contributed by atoms with Crippen molar-refractivity contribution in [3.05, 3.63) is 85.1 Å². The van der Waals surface area contributed by atoms with Crippen LogP contribution >= 0.6 is 0 Å². The fourth-order valence-electron chi connectivity index (χ4n) is 9.03. The molecule has 0 aromatic carbocycles. The van der Waals surface area contributed by atoms with Crippen molar-refractivity contribution in [2.45, 2.75) is 322 Å². The van der Waals surface area contributed by atoms with E-state index in [-0.39, 0.29) is 37.5 Å². The Morgan fingerprint density at radius 3 is 0.827 bits per heavy atom. The van der Waals surface area contributed by atoms with E-state index in [1.165, 1.54) is 186 Å². The lowest BCUT2D eigenvalue weighted by Crippen LogP contribution is -2.30. The van der Waals surface area contributed by atoms with E-state index >= 15 is 0 Å². The summed E-state index contributed by atoms with van der Waals surface area (Å²) in [7, 11) is 0. The number of rotatable bonds is 58. The van der Waals surface area contributed by atoms with Crippen LogP contribution < -0.4 is 0 Å². The maximum Gasteiger partial charge on any atom is 0.306 e. The maximum absolute atomic E-state index is 12.9. The number of carbonyl (C=O) groups excluding carboxylic acids is 3. The summed E-state index contributed by atoms with van der Waals surface area (Å²) in [5.74, 6) is -0.977. The number of hydrogen-bond donors (Lipinski definition) is 0. The highest BCUT2D eigenvalue weighted by Crippen LogP contribution is 2.16. The van der Waals surface area contributed by atoms with Crippen molar-refractivity contribution in [1.82, 2.24) is 0 Å². The first-order valence-corrected chi connectivity index (χ1v) is 32.1. The predicted molar refractivity (Wildman–Crippen MR) is 325 cm³/mol. The van der Waals surface area contributed by atoms with Gasteiger partial charge >= 0.3 is 17.9 Å². The highest BCUT2D eigenvalue weighted by atomic mass is 16.6. The Morgan fingerprint density at radius 1 is 0.267 bits per heavy atom. The monoisotopic (exact) mass is 1040 g/mol. The average molecular weight is 1050 g/mol. The quantitative estimate of drug-likeness (QED) is 0.0261. The SMILES string of the molecule is CCCCC/C=C\C/C=C\C/C=C\C/C=C\CCCCCC(=O)OC[C@H](COC(=O)CCCCCCCCCCCCCCCCCCCCCCC)OC(=O)CCC/C=C\C/C=C\C/C=C\CCCCCCCC. The molecule has 75 heavy (non-hydrogen) atoms. The third kappa shape index (κ3) is 61.3. The Bertz CT molecular complexity index is 1430. The molecular formula is C69H120O6. The standard InChI is InChI=1S/C69H120O6/c1-4-7-10-13-16-19-22-25-28-31-33-34-36-39-41-44-47-50-53-56-59-62-68(71)74-65-66(75-69(72)63-60-57-54-51-48-45-42-37-30-27-24-21-18-15-12-9-6-3)64-73-67(70)61-58-55-52-49-46-43-40-38-35-32-29-26-23-20-17-14-11-8-5-2/h17,20,26-27,29-30,35,38,42-43,45-46,51,54,66H,4-16,18-19,21-25,28,31-34,36-37,39-41,44,47-50,52-53,55-65H2,1-3H3/b20-17-,29-26-,30-27-,38-35-,45-42-,46-43-,54-51-/t66-/m1/s1. The molecule has 0 amide bonds. The van der Waals surface area contributed by atoms with Crippen LogP contribution in [0.5, 0.6) is 0 Å². The molecular weight excluding hydrogens is 925 g/mol. The fourth-order valence-corrected chi connectivity index (χ4v) is 9.03. The summed E-state index contributed by atoms with van der Waals surface area (Å²) in [6, 6.07) is 0. The Labute approximate surface area is 465 Å². The molecule has 0 saturated heterocycles. The lowest BCUT2D eigenvalue weighted by Gasteiger charge is -2.18. The first-order valence-electron chi connectivity index (χ1n) is 32.1. The van der Waals surface area contributed by atoms with Crippen LogP contribution in [0.2, 0.25) is 0 Å². The van der Waals surface area contributed by atoms with Gasteiger partial charge in [-0.25, -0.2) is 0 Å². The molecule has 0 aliphatic carbocycles. The second kappa shape index (κ2) is 63.1. The smallest absolute Gasteiger partial charge is 0.306 e. The number of unbranched alkanes of at least 4 members (excludes halogenated alkanes) is 33. The van der Waals surface area contributed by atoms with Crippen LogP contribution in [-0.2, 0) is 28.6 Å². The zero-order valence-corrected chi connectivity index (χ0v) is 49.6. The van der Waals surface area contributed by atoms with Crippen LogP contribution in [0, 0.1) is 0 Å². The molecule has 0 aliphatic rings. The molecule has 0 aliphatic heterocycles. The van der Waals surface area contributed by atoms with E-state index in [0.717, 1.165) is 83.5 Å². The molecule has 0 rings (SSSR count). The minimum absolute atomic E-state index is 0.105. The summed E-state index contributed by atoms with van der Waals surface area (Å²) < 4.78 is 16.9. The number of hydrogen-bond acceptors (Lipinski definition) is 6. The van der Waals surface area contributed by atoms with E-state index in [0.29, 0.717) is 19.3 Å². The Balaban J connectivity index is 4.46. The van der Waals surface area contributed by atoms with Gasteiger partial charge in [-0.1, -0.05) is 286 Å². The molecule has 1 atom stereocenters. The van der Waals surface area contributed by atoms with Crippen LogP contribution in [0.4, 0.5) is 0 Å². The highest BCUT2D eigenvalue weighted by Gasteiger charge is 2.19. The van der Waals surface area contributed by atoms with Gasteiger partial charge in [0.2, 0.25) is 0 Å². The molecule has 6 nitrogen and oxygen atoms in total. The maximum atomic E-state index is 12.9. The molecule has 0 N–H and O–H groups in total. The summed E-state index contributed by atoms with van der Waals surface area (Å²) in [5.41, 5.74) is 0. The van der Waals surface area contributed by atoms with E-state index in [4.69, 9.17) is 14.2 Å². The van der Waals surface area contributed by atoms with E-state index in [2.05, 4.69) is 106 Å². The minimum Gasteiger partial charge on any atom is -0.462 e. The van der Waals surface area contributed by atoms with Crippen LogP contribution in [-0.4, -0.2) is 37.2 Å². The third-order valence-electron chi connectivity index (χ3n) is 13.9. The molecule has 0 saturated carbocycles.